The lowest BCUT2D eigenvalue weighted by molar-refractivity contribution is 0.111. The third kappa shape index (κ3) is 3.60. The van der Waals surface area contributed by atoms with Crippen LogP contribution in [-0.2, 0) is 6.42 Å². The van der Waals surface area contributed by atoms with E-state index >= 15 is 0 Å². The Morgan fingerprint density at radius 3 is 2.50 bits per heavy atom. The number of hydrogen-bond donors (Lipinski definition) is 0. The SMILES string of the molecule is CCOc1cccc(C=O)c1OCCc1ccccc1. The lowest BCUT2D eigenvalue weighted by Gasteiger charge is -2.13. The van der Waals surface area contributed by atoms with Crippen LogP contribution < -0.4 is 9.47 Å². The summed E-state index contributed by atoms with van der Waals surface area (Å²) in [6.07, 6.45) is 1.58. The van der Waals surface area contributed by atoms with Crippen molar-refractivity contribution >= 4 is 6.29 Å². The van der Waals surface area contributed by atoms with E-state index in [0.29, 0.717) is 30.3 Å². The van der Waals surface area contributed by atoms with E-state index in [1.165, 1.54) is 5.56 Å². The van der Waals surface area contributed by atoms with Crippen molar-refractivity contribution in [2.45, 2.75) is 13.3 Å². The van der Waals surface area contributed by atoms with E-state index in [1.54, 1.807) is 12.1 Å². The van der Waals surface area contributed by atoms with E-state index in [9.17, 15) is 4.79 Å². The van der Waals surface area contributed by atoms with Crippen LogP contribution in [-0.4, -0.2) is 19.5 Å². The van der Waals surface area contributed by atoms with E-state index in [-0.39, 0.29) is 0 Å². The van der Waals surface area contributed by atoms with Crippen LogP contribution in [0.2, 0.25) is 0 Å². The molecule has 0 radical (unpaired) electrons. The number of benzene rings is 2. The first-order valence-corrected chi connectivity index (χ1v) is 6.73. The van der Waals surface area contributed by atoms with Gasteiger partial charge in [0.05, 0.1) is 18.8 Å². The molecular weight excluding hydrogens is 252 g/mol. The molecule has 104 valence electrons. The standard InChI is InChI=1S/C17H18O3/c1-2-19-16-10-6-9-15(13-18)17(16)20-12-11-14-7-4-3-5-8-14/h3-10,13H,2,11-12H2,1H3. The number of ether oxygens (including phenoxy) is 2. The molecule has 0 spiro atoms. The predicted octanol–water partition coefficient (Wildman–Crippen LogP) is 3.52. The minimum atomic E-state index is 0.509. The predicted molar refractivity (Wildman–Crippen MR) is 78.6 cm³/mol. The molecule has 0 saturated heterocycles. The Labute approximate surface area is 119 Å². The molecule has 0 heterocycles. The Hall–Kier alpha value is -2.29. The number of para-hydroxylation sites is 1. The normalized spacial score (nSPS) is 10.1. The van der Waals surface area contributed by atoms with Crippen molar-refractivity contribution in [3.8, 4) is 11.5 Å². The van der Waals surface area contributed by atoms with E-state index in [1.807, 2.05) is 31.2 Å². The molecule has 3 nitrogen and oxygen atoms in total. The van der Waals surface area contributed by atoms with Gasteiger partial charge in [-0.3, -0.25) is 4.79 Å². The maximum absolute atomic E-state index is 11.1. The van der Waals surface area contributed by atoms with Gasteiger partial charge in [0.15, 0.2) is 17.8 Å². The Morgan fingerprint density at radius 1 is 1.00 bits per heavy atom. The maximum Gasteiger partial charge on any atom is 0.171 e. The molecule has 20 heavy (non-hydrogen) atoms. The zero-order valence-electron chi connectivity index (χ0n) is 11.5. The second-order valence-corrected chi connectivity index (χ2v) is 4.31. The molecule has 0 aliphatic rings. The first-order valence-electron chi connectivity index (χ1n) is 6.73. The molecule has 0 aromatic heterocycles. The Bertz CT molecular complexity index is 549. The van der Waals surface area contributed by atoms with Crippen molar-refractivity contribution in [2.75, 3.05) is 13.2 Å². The molecule has 0 saturated carbocycles. The number of rotatable bonds is 7. The van der Waals surface area contributed by atoms with Crippen LogP contribution in [0.15, 0.2) is 48.5 Å². The van der Waals surface area contributed by atoms with Crippen molar-refractivity contribution in [2.24, 2.45) is 0 Å². The molecule has 0 unspecified atom stereocenters. The van der Waals surface area contributed by atoms with Gasteiger partial charge in [0.2, 0.25) is 0 Å². The van der Waals surface area contributed by atoms with Gasteiger partial charge in [-0.2, -0.15) is 0 Å². The first-order chi connectivity index (χ1) is 9.85. The summed E-state index contributed by atoms with van der Waals surface area (Å²) in [4.78, 5) is 11.1. The van der Waals surface area contributed by atoms with E-state index in [0.717, 1.165) is 12.7 Å². The van der Waals surface area contributed by atoms with Gasteiger partial charge in [-0.15, -0.1) is 0 Å². The van der Waals surface area contributed by atoms with Crippen molar-refractivity contribution in [1.29, 1.82) is 0 Å². The smallest absolute Gasteiger partial charge is 0.171 e. The summed E-state index contributed by atoms with van der Waals surface area (Å²) in [5.74, 6) is 1.14. The Balaban J connectivity index is 2.06. The Kier molecular flexibility index (Phi) is 5.18. The largest absolute Gasteiger partial charge is 0.490 e. The molecule has 3 heteroatoms. The van der Waals surface area contributed by atoms with Gasteiger partial charge in [0, 0.05) is 6.42 Å². The highest BCUT2D eigenvalue weighted by Crippen LogP contribution is 2.30. The van der Waals surface area contributed by atoms with Crippen LogP contribution in [0.5, 0.6) is 11.5 Å². The van der Waals surface area contributed by atoms with Crippen molar-refractivity contribution in [1.82, 2.24) is 0 Å². The maximum atomic E-state index is 11.1. The fourth-order valence-electron chi connectivity index (χ4n) is 1.96. The van der Waals surface area contributed by atoms with Crippen LogP contribution in [0.3, 0.4) is 0 Å². The van der Waals surface area contributed by atoms with Gasteiger partial charge in [0.1, 0.15) is 0 Å². The second-order valence-electron chi connectivity index (χ2n) is 4.31. The van der Waals surface area contributed by atoms with Crippen LogP contribution in [0.25, 0.3) is 0 Å². The molecule has 0 aliphatic heterocycles. The van der Waals surface area contributed by atoms with Crippen molar-refractivity contribution < 1.29 is 14.3 Å². The van der Waals surface area contributed by atoms with Gasteiger partial charge < -0.3 is 9.47 Å². The monoisotopic (exact) mass is 270 g/mol. The third-order valence-electron chi connectivity index (χ3n) is 2.92. The average Bonchev–Trinajstić information content (AvgIpc) is 2.50. The van der Waals surface area contributed by atoms with Crippen LogP contribution in [0.1, 0.15) is 22.8 Å². The molecular formula is C17H18O3. The molecule has 0 fully saturated rings. The molecule has 0 atom stereocenters. The number of carbonyl (C=O) groups is 1. The van der Waals surface area contributed by atoms with Gasteiger partial charge in [0.25, 0.3) is 0 Å². The van der Waals surface area contributed by atoms with Gasteiger partial charge >= 0.3 is 0 Å². The number of carbonyl (C=O) groups excluding carboxylic acids is 1. The van der Waals surface area contributed by atoms with Gasteiger partial charge in [-0.1, -0.05) is 36.4 Å². The highest BCUT2D eigenvalue weighted by molar-refractivity contribution is 5.81. The summed E-state index contributed by atoms with van der Waals surface area (Å²) in [5.41, 5.74) is 1.72. The fraction of sp³-hybridized carbons (Fsp3) is 0.235. The van der Waals surface area contributed by atoms with E-state index in [2.05, 4.69) is 12.1 Å². The van der Waals surface area contributed by atoms with Crippen molar-refractivity contribution in [3.05, 3.63) is 59.7 Å². The lowest BCUT2D eigenvalue weighted by atomic mass is 10.1. The second kappa shape index (κ2) is 7.34. The van der Waals surface area contributed by atoms with Crippen molar-refractivity contribution in [3.63, 3.8) is 0 Å². The third-order valence-corrected chi connectivity index (χ3v) is 2.92. The number of hydrogen-bond acceptors (Lipinski definition) is 3. The molecule has 2 aromatic rings. The zero-order valence-corrected chi connectivity index (χ0v) is 11.5. The molecule has 0 amide bonds. The minimum absolute atomic E-state index is 0.509. The Morgan fingerprint density at radius 2 is 1.80 bits per heavy atom. The van der Waals surface area contributed by atoms with Crippen LogP contribution in [0.4, 0.5) is 0 Å². The van der Waals surface area contributed by atoms with Crippen LogP contribution >= 0.6 is 0 Å². The lowest BCUT2D eigenvalue weighted by Crippen LogP contribution is -2.05. The highest BCUT2D eigenvalue weighted by Gasteiger charge is 2.10. The molecule has 0 bridgehead atoms. The van der Waals surface area contributed by atoms with Gasteiger partial charge in [-0.05, 0) is 24.6 Å². The quantitative estimate of drug-likeness (QED) is 0.722. The fourth-order valence-corrected chi connectivity index (χ4v) is 1.96. The molecule has 0 N–H and O–H groups in total. The zero-order chi connectivity index (χ0) is 14.2. The summed E-state index contributed by atoms with van der Waals surface area (Å²) in [6.45, 7) is 2.95. The molecule has 2 aromatic carbocycles. The summed E-state index contributed by atoms with van der Waals surface area (Å²) in [5, 5.41) is 0. The minimum Gasteiger partial charge on any atom is -0.490 e. The summed E-state index contributed by atoms with van der Waals surface area (Å²) in [6, 6.07) is 15.4. The number of aldehydes is 1. The van der Waals surface area contributed by atoms with E-state index < -0.39 is 0 Å². The van der Waals surface area contributed by atoms with Crippen LogP contribution in [0, 0.1) is 0 Å². The van der Waals surface area contributed by atoms with E-state index in [4.69, 9.17) is 9.47 Å². The molecule has 0 aliphatic carbocycles. The summed E-state index contributed by atoms with van der Waals surface area (Å²) >= 11 is 0. The van der Waals surface area contributed by atoms with Gasteiger partial charge in [-0.25, -0.2) is 0 Å². The highest BCUT2D eigenvalue weighted by atomic mass is 16.5. The average molecular weight is 270 g/mol. The summed E-state index contributed by atoms with van der Waals surface area (Å²) in [7, 11) is 0. The summed E-state index contributed by atoms with van der Waals surface area (Å²) < 4.78 is 11.3. The molecule has 2 rings (SSSR count). The first kappa shape index (κ1) is 14.1. The topological polar surface area (TPSA) is 35.5 Å².